The van der Waals surface area contributed by atoms with Crippen LogP contribution in [0.2, 0.25) is 0 Å². The fraction of sp³-hybridized carbons (Fsp3) is 0.143. The van der Waals surface area contributed by atoms with E-state index in [9.17, 15) is 0 Å². The molecule has 35 heavy (non-hydrogen) atoms. The molecule has 6 aromatic rings. The van der Waals surface area contributed by atoms with Crippen LogP contribution in [-0.2, 0) is 6.61 Å². The van der Waals surface area contributed by atoms with E-state index in [0.717, 1.165) is 54.6 Å². The molecule has 0 aliphatic carbocycles. The van der Waals surface area contributed by atoms with Crippen LogP contribution in [0.4, 0.5) is 0 Å². The summed E-state index contributed by atoms with van der Waals surface area (Å²) in [5.41, 5.74) is 5.75. The van der Waals surface area contributed by atoms with Gasteiger partial charge in [0.05, 0.1) is 13.3 Å². The Bertz CT molecular complexity index is 1630. The number of hydrogen-bond acceptors (Lipinski definition) is 6. The van der Waals surface area contributed by atoms with Crippen LogP contribution in [0.15, 0.2) is 71.3 Å². The Morgan fingerprint density at radius 2 is 1.89 bits per heavy atom. The average molecular weight is 481 g/mol. The molecule has 173 valence electrons. The van der Waals surface area contributed by atoms with Crippen molar-refractivity contribution in [1.82, 2.24) is 14.6 Å². The van der Waals surface area contributed by atoms with Crippen molar-refractivity contribution >= 4 is 27.3 Å². The summed E-state index contributed by atoms with van der Waals surface area (Å²) in [6.45, 7) is 4.39. The molecule has 6 nitrogen and oxygen atoms in total. The summed E-state index contributed by atoms with van der Waals surface area (Å²) < 4.78 is 19.8. The molecule has 0 fully saturated rings. The van der Waals surface area contributed by atoms with E-state index < -0.39 is 0 Å². The number of benzene rings is 3. The maximum atomic E-state index is 6.32. The number of hydrogen-bond donors (Lipinski definition) is 0. The summed E-state index contributed by atoms with van der Waals surface area (Å²) in [6.07, 6.45) is 1.89. The maximum Gasteiger partial charge on any atom is 0.212 e. The number of fused-ring (bicyclic) bond motifs is 2. The lowest BCUT2D eigenvalue weighted by molar-refractivity contribution is 0.304. The first-order chi connectivity index (χ1) is 17.1. The van der Waals surface area contributed by atoms with Crippen LogP contribution in [0.1, 0.15) is 16.1 Å². The van der Waals surface area contributed by atoms with E-state index in [4.69, 9.17) is 13.9 Å². The zero-order chi connectivity index (χ0) is 23.9. The van der Waals surface area contributed by atoms with Crippen molar-refractivity contribution in [2.45, 2.75) is 20.5 Å². The molecule has 0 spiro atoms. The quantitative estimate of drug-likeness (QED) is 0.260. The number of ether oxygens (including phenoxy) is 2. The summed E-state index contributed by atoms with van der Waals surface area (Å²) >= 11 is 1.55. The Labute approximate surface area is 206 Å². The van der Waals surface area contributed by atoms with Crippen LogP contribution in [-0.4, -0.2) is 21.7 Å². The fourth-order valence-corrected chi connectivity index (χ4v) is 4.86. The second-order valence-corrected chi connectivity index (χ2v) is 9.50. The van der Waals surface area contributed by atoms with Crippen LogP contribution >= 0.6 is 11.3 Å². The number of aromatic nitrogens is 3. The summed E-state index contributed by atoms with van der Waals surface area (Å²) in [5, 5.41) is 6.38. The van der Waals surface area contributed by atoms with Gasteiger partial charge in [-0.1, -0.05) is 47.7 Å². The van der Waals surface area contributed by atoms with Gasteiger partial charge in [0.25, 0.3) is 0 Å². The highest BCUT2D eigenvalue weighted by Gasteiger charge is 2.16. The number of furan rings is 1. The SMILES string of the molecule is COc1cc(COc2cc(-c3cc[c]cc3)ccc2C)c2cc(-c3cn4nc(C)sc4n3)oc2c1. The molecule has 1 radical (unpaired) electrons. The van der Waals surface area contributed by atoms with Crippen LogP contribution in [0.25, 0.3) is 38.5 Å². The molecule has 0 saturated heterocycles. The molecule has 3 heterocycles. The molecule has 0 amide bonds. The highest BCUT2D eigenvalue weighted by molar-refractivity contribution is 7.16. The van der Waals surface area contributed by atoms with Crippen molar-refractivity contribution in [2.75, 3.05) is 7.11 Å². The molecular weight excluding hydrogens is 458 g/mol. The van der Waals surface area contributed by atoms with Gasteiger partial charge in [-0.05, 0) is 54.8 Å². The van der Waals surface area contributed by atoms with Crippen molar-refractivity contribution in [2.24, 2.45) is 0 Å². The Hall–Kier alpha value is -4.10. The lowest BCUT2D eigenvalue weighted by Crippen LogP contribution is -1.99. The molecule has 0 saturated carbocycles. The van der Waals surface area contributed by atoms with Gasteiger partial charge in [-0.3, -0.25) is 0 Å². The minimum absolute atomic E-state index is 0.374. The van der Waals surface area contributed by atoms with E-state index in [1.165, 1.54) is 0 Å². The Balaban J connectivity index is 1.34. The topological polar surface area (TPSA) is 61.8 Å². The van der Waals surface area contributed by atoms with Crippen LogP contribution in [0.5, 0.6) is 11.5 Å². The monoisotopic (exact) mass is 480 g/mol. The van der Waals surface area contributed by atoms with Crippen LogP contribution in [0, 0.1) is 19.9 Å². The number of imidazole rings is 1. The molecule has 0 atom stereocenters. The van der Waals surface area contributed by atoms with Crippen LogP contribution in [0.3, 0.4) is 0 Å². The third-order valence-electron chi connectivity index (χ3n) is 5.95. The summed E-state index contributed by atoms with van der Waals surface area (Å²) in [7, 11) is 1.65. The third-order valence-corrected chi connectivity index (χ3v) is 6.79. The molecule has 7 heteroatoms. The van der Waals surface area contributed by atoms with E-state index in [2.05, 4.69) is 41.3 Å². The van der Waals surface area contributed by atoms with E-state index in [0.29, 0.717) is 18.1 Å². The Morgan fingerprint density at radius 1 is 1.03 bits per heavy atom. The normalized spacial score (nSPS) is 11.4. The highest BCUT2D eigenvalue weighted by Crippen LogP contribution is 2.34. The lowest BCUT2D eigenvalue weighted by atomic mass is 10.0. The number of nitrogens with zero attached hydrogens (tertiary/aromatic N) is 3. The first kappa shape index (κ1) is 21.4. The van der Waals surface area contributed by atoms with Crippen LogP contribution < -0.4 is 9.47 Å². The second-order valence-electron chi connectivity index (χ2n) is 8.34. The van der Waals surface area contributed by atoms with Gasteiger partial charge < -0.3 is 13.9 Å². The van der Waals surface area contributed by atoms with E-state index in [1.807, 2.05) is 55.6 Å². The van der Waals surface area contributed by atoms with Crippen molar-refractivity contribution in [1.29, 1.82) is 0 Å². The van der Waals surface area contributed by atoms with Crippen molar-refractivity contribution in [3.05, 3.63) is 89.1 Å². The van der Waals surface area contributed by atoms with Gasteiger partial charge in [-0.15, -0.1) is 0 Å². The zero-order valence-electron chi connectivity index (χ0n) is 19.5. The minimum atomic E-state index is 0.374. The van der Waals surface area contributed by atoms with E-state index >= 15 is 0 Å². The second kappa shape index (κ2) is 8.60. The molecule has 6 rings (SSSR count). The summed E-state index contributed by atoms with van der Waals surface area (Å²) in [4.78, 5) is 5.51. The van der Waals surface area contributed by atoms with Gasteiger partial charge in [0.15, 0.2) is 5.76 Å². The van der Waals surface area contributed by atoms with Crippen molar-refractivity contribution in [3.8, 4) is 34.1 Å². The summed E-state index contributed by atoms with van der Waals surface area (Å²) in [5.74, 6) is 2.24. The Kier molecular flexibility index (Phi) is 5.26. The first-order valence-electron chi connectivity index (χ1n) is 11.2. The first-order valence-corrected chi connectivity index (χ1v) is 12.0. The van der Waals surface area contributed by atoms with Gasteiger partial charge in [0.2, 0.25) is 4.96 Å². The van der Waals surface area contributed by atoms with Gasteiger partial charge >= 0.3 is 0 Å². The van der Waals surface area contributed by atoms with Crippen molar-refractivity contribution < 1.29 is 13.9 Å². The standard InChI is InChI=1S/C28H22N3O3S/c1-17-9-10-20(19-7-5-4-6-8-19)12-25(17)33-16-21-11-22(32-3)13-26-23(21)14-27(34-26)24-15-31-28(29-24)35-18(2)30-31/h5-15H,16H2,1-3H3. The predicted molar refractivity (Wildman–Crippen MR) is 137 cm³/mol. The minimum Gasteiger partial charge on any atom is -0.497 e. The lowest BCUT2D eigenvalue weighted by Gasteiger charge is -2.13. The van der Waals surface area contributed by atoms with Gasteiger partial charge in [-0.2, -0.15) is 5.10 Å². The molecule has 3 aromatic carbocycles. The number of aryl methyl sites for hydroxylation is 2. The maximum absolute atomic E-state index is 6.32. The van der Waals surface area contributed by atoms with Gasteiger partial charge in [-0.25, -0.2) is 9.50 Å². The third kappa shape index (κ3) is 4.04. The van der Waals surface area contributed by atoms with Gasteiger partial charge in [0, 0.05) is 17.0 Å². The molecular formula is C28H22N3O3S. The number of rotatable bonds is 6. The predicted octanol–water partition coefficient (Wildman–Crippen LogP) is 6.88. The fourth-order valence-electron chi connectivity index (χ4n) is 4.14. The molecule has 3 aromatic heterocycles. The smallest absolute Gasteiger partial charge is 0.212 e. The Morgan fingerprint density at radius 3 is 2.69 bits per heavy atom. The number of methoxy groups -OCH3 is 1. The highest BCUT2D eigenvalue weighted by atomic mass is 32.1. The molecule has 0 aliphatic rings. The molecule has 0 aliphatic heterocycles. The largest absolute Gasteiger partial charge is 0.497 e. The van der Waals surface area contributed by atoms with Gasteiger partial charge in [0.1, 0.15) is 34.4 Å². The zero-order valence-corrected chi connectivity index (χ0v) is 20.3. The van der Waals surface area contributed by atoms with E-state index in [-0.39, 0.29) is 0 Å². The molecule has 0 bridgehead atoms. The molecule has 0 N–H and O–H groups in total. The average Bonchev–Trinajstić information content (AvgIpc) is 3.56. The van der Waals surface area contributed by atoms with Crippen molar-refractivity contribution in [3.63, 3.8) is 0 Å². The summed E-state index contributed by atoms with van der Waals surface area (Å²) in [6, 6.07) is 23.1. The van der Waals surface area contributed by atoms with E-state index in [1.54, 1.807) is 23.0 Å². The molecule has 0 unspecified atom stereocenters.